The maximum atomic E-state index is 3.72. The highest BCUT2D eigenvalue weighted by Crippen LogP contribution is 2.25. The van der Waals surface area contributed by atoms with Crippen LogP contribution in [0.4, 0.5) is 0 Å². The summed E-state index contributed by atoms with van der Waals surface area (Å²) in [5, 5.41) is 3.41. The lowest BCUT2D eigenvalue weighted by atomic mass is 9.86. The zero-order valence-electron chi connectivity index (χ0n) is 11.2. The SMILES string of the molecule is C=CCNCC(C)N1CCC(C(C)C)CC1. The maximum absolute atomic E-state index is 3.72. The quantitative estimate of drug-likeness (QED) is 0.551. The van der Waals surface area contributed by atoms with E-state index in [0.717, 1.165) is 24.9 Å². The van der Waals surface area contributed by atoms with Gasteiger partial charge in [0.2, 0.25) is 0 Å². The monoisotopic (exact) mass is 224 g/mol. The highest BCUT2D eigenvalue weighted by atomic mass is 15.2. The van der Waals surface area contributed by atoms with Crippen molar-refractivity contribution in [3.8, 4) is 0 Å². The van der Waals surface area contributed by atoms with Gasteiger partial charge in [-0.05, 0) is 44.7 Å². The Morgan fingerprint density at radius 2 is 1.94 bits per heavy atom. The summed E-state index contributed by atoms with van der Waals surface area (Å²) < 4.78 is 0. The van der Waals surface area contributed by atoms with Crippen molar-refractivity contribution in [3.05, 3.63) is 12.7 Å². The topological polar surface area (TPSA) is 15.3 Å². The Labute approximate surface area is 101 Å². The number of nitrogens with zero attached hydrogens (tertiary/aromatic N) is 1. The molecule has 1 saturated heterocycles. The van der Waals surface area contributed by atoms with Gasteiger partial charge in [-0.25, -0.2) is 0 Å². The molecule has 2 heteroatoms. The van der Waals surface area contributed by atoms with Crippen LogP contribution < -0.4 is 5.32 Å². The second-order valence-electron chi connectivity index (χ2n) is 5.41. The summed E-state index contributed by atoms with van der Waals surface area (Å²) in [6.45, 7) is 15.3. The molecule has 0 aromatic carbocycles. The molecule has 1 fully saturated rings. The molecule has 0 aromatic heterocycles. The van der Waals surface area contributed by atoms with Crippen LogP contribution in [0.1, 0.15) is 33.6 Å². The summed E-state index contributed by atoms with van der Waals surface area (Å²) in [6, 6.07) is 0.660. The molecule has 0 amide bonds. The molecule has 1 aliphatic rings. The molecule has 0 spiro atoms. The van der Waals surface area contributed by atoms with Gasteiger partial charge < -0.3 is 5.32 Å². The smallest absolute Gasteiger partial charge is 0.0192 e. The van der Waals surface area contributed by atoms with Gasteiger partial charge in [-0.1, -0.05) is 19.9 Å². The minimum Gasteiger partial charge on any atom is -0.312 e. The first-order chi connectivity index (χ1) is 7.65. The third-order valence-electron chi connectivity index (χ3n) is 3.87. The van der Waals surface area contributed by atoms with Crippen molar-refractivity contribution in [3.63, 3.8) is 0 Å². The molecule has 1 rings (SSSR count). The fraction of sp³-hybridized carbons (Fsp3) is 0.857. The van der Waals surface area contributed by atoms with E-state index < -0.39 is 0 Å². The van der Waals surface area contributed by atoms with Crippen molar-refractivity contribution in [2.45, 2.75) is 39.7 Å². The van der Waals surface area contributed by atoms with Gasteiger partial charge in [0.15, 0.2) is 0 Å². The second kappa shape index (κ2) is 7.08. The first-order valence-corrected chi connectivity index (χ1v) is 6.70. The van der Waals surface area contributed by atoms with E-state index in [4.69, 9.17) is 0 Å². The van der Waals surface area contributed by atoms with Gasteiger partial charge >= 0.3 is 0 Å². The number of rotatable bonds is 6. The molecule has 0 bridgehead atoms. The third-order valence-corrected chi connectivity index (χ3v) is 3.87. The molecule has 0 saturated carbocycles. The summed E-state index contributed by atoms with van der Waals surface area (Å²) in [5.74, 6) is 1.81. The highest BCUT2D eigenvalue weighted by molar-refractivity contribution is 4.79. The lowest BCUT2D eigenvalue weighted by molar-refractivity contribution is 0.121. The maximum Gasteiger partial charge on any atom is 0.0192 e. The van der Waals surface area contributed by atoms with Gasteiger partial charge in [0, 0.05) is 19.1 Å². The largest absolute Gasteiger partial charge is 0.312 e. The Bertz CT molecular complexity index is 193. The minimum absolute atomic E-state index is 0.660. The molecule has 1 heterocycles. The predicted octanol–water partition coefficient (Wildman–Crippen LogP) is 2.52. The molecule has 2 nitrogen and oxygen atoms in total. The van der Waals surface area contributed by atoms with Crippen molar-refractivity contribution in [1.82, 2.24) is 10.2 Å². The summed E-state index contributed by atoms with van der Waals surface area (Å²) in [4.78, 5) is 2.62. The van der Waals surface area contributed by atoms with Gasteiger partial charge in [-0.15, -0.1) is 6.58 Å². The zero-order valence-corrected chi connectivity index (χ0v) is 11.2. The van der Waals surface area contributed by atoms with Gasteiger partial charge in [-0.2, -0.15) is 0 Å². The number of hydrogen-bond acceptors (Lipinski definition) is 2. The Morgan fingerprint density at radius 1 is 1.31 bits per heavy atom. The van der Waals surface area contributed by atoms with Crippen LogP contribution in [0.2, 0.25) is 0 Å². The van der Waals surface area contributed by atoms with Gasteiger partial charge in [0.1, 0.15) is 0 Å². The molecular formula is C14H28N2. The average Bonchev–Trinajstić information content (AvgIpc) is 2.29. The first-order valence-electron chi connectivity index (χ1n) is 6.70. The van der Waals surface area contributed by atoms with Crippen LogP contribution in [0.3, 0.4) is 0 Å². The molecule has 1 unspecified atom stereocenters. The molecule has 1 N–H and O–H groups in total. The van der Waals surface area contributed by atoms with Crippen LogP contribution in [0.15, 0.2) is 12.7 Å². The van der Waals surface area contributed by atoms with E-state index in [1.165, 1.54) is 25.9 Å². The Hall–Kier alpha value is -0.340. The van der Waals surface area contributed by atoms with Crippen molar-refractivity contribution in [2.75, 3.05) is 26.2 Å². The number of hydrogen-bond donors (Lipinski definition) is 1. The van der Waals surface area contributed by atoms with E-state index in [9.17, 15) is 0 Å². The van der Waals surface area contributed by atoms with E-state index in [2.05, 4.69) is 37.6 Å². The molecular weight excluding hydrogens is 196 g/mol. The lowest BCUT2D eigenvalue weighted by Gasteiger charge is -2.37. The molecule has 0 radical (unpaired) electrons. The van der Waals surface area contributed by atoms with Gasteiger partial charge in [0.25, 0.3) is 0 Å². The highest BCUT2D eigenvalue weighted by Gasteiger charge is 2.23. The molecule has 1 atom stereocenters. The van der Waals surface area contributed by atoms with Crippen LogP contribution in [0, 0.1) is 11.8 Å². The van der Waals surface area contributed by atoms with Crippen LogP contribution in [0.25, 0.3) is 0 Å². The van der Waals surface area contributed by atoms with Crippen molar-refractivity contribution in [2.24, 2.45) is 11.8 Å². The van der Waals surface area contributed by atoms with Crippen molar-refractivity contribution in [1.29, 1.82) is 0 Å². The number of piperidine rings is 1. The van der Waals surface area contributed by atoms with Gasteiger partial charge in [0.05, 0.1) is 0 Å². The van der Waals surface area contributed by atoms with Crippen LogP contribution in [-0.2, 0) is 0 Å². The summed E-state index contributed by atoms with van der Waals surface area (Å²) in [5.41, 5.74) is 0. The first kappa shape index (κ1) is 13.7. The van der Waals surface area contributed by atoms with Crippen molar-refractivity contribution < 1.29 is 0 Å². The zero-order chi connectivity index (χ0) is 12.0. The Morgan fingerprint density at radius 3 is 2.44 bits per heavy atom. The van der Waals surface area contributed by atoms with Crippen LogP contribution >= 0.6 is 0 Å². The van der Waals surface area contributed by atoms with Crippen LogP contribution in [-0.4, -0.2) is 37.1 Å². The summed E-state index contributed by atoms with van der Waals surface area (Å²) in [6.07, 6.45) is 4.69. The molecule has 94 valence electrons. The van der Waals surface area contributed by atoms with Crippen molar-refractivity contribution >= 4 is 0 Å². The molecule has 0 aromatic rings. The van der Waals surface area contributed by atoms with E-state index in [1.54, 1.807) is 0 Å². The minimum atomic E-state index is 0.660. The fourth-order valence-electron chi connectivity index (χ4n) is 2.55. The summed E-state index contributed by atoms with van der Waals surface area (Å²) in [7, 11) is 0. The lowest BCUT2D eigenvalue weighted by Crippen LogP contribution is -2.45. The van der Waals surface area contributed by atoms with E-state index in [-0.39, 0.29) is 0 Å². The van der Waals surface area contributed by atoms with E-state index >= 15 is 0 Å². The standard InChI is InChI=1S/C14H28N2/c1-5-8-15-11-13(4)16-9-6-14(7-10-16)12(2)3/h5,12-15H,1,6-11H2,2-4H3. The third kappa shape index (κ3) is 4.26. The van der Waals surface area contributed by atoms with E-state index in [1.807, 2.05) is 6.08 Å². The molecule has 0 aliphatic carbocycles. The Kier molecular flexibility index (Phi) is 6.07. The predicted molar refractivity (Wildman–Crippen MR) is 71.7 cm³/mol. The second-order valence-corrected chi connectivity index (χ2v) is 5.41. The number of likely N-dealkylation sites (tertiary alicyclic amines) is 1. The van der Waals surface area contributed by atoms with Crippen LogP contribution in [0.5, 0.6) is 0 Å². The normalized spacial score (nSPS) is 21.2. The summed E-state index contributed by atoms with van der Waals surface area (Å²) >= 11 is 0. The average molecular weight is 224 g/mol. The fourth-order valence-corrected chi connectivity index (χ4v) is 2.55. The van der Waals surface area contributed by atoms with E-state index in [0.29, 0.717) is 6.04 Å². The number of nitrogens with one attached hydrogen (secondary N) is 1. The van der Waals surface area contributed by atoms with Gasteiger partial charge in [-0.3, -0.25) is 4.90 Å². The Balaban J connectivity index is 2.22. The molecule has 1 aliphatic heterocycles. The molecule has 16 heavy (non-hydrogen) atoms.